The molecule has 0 aromatic heterocycles. The van der Waals surface area contributed by atoms with Crippen molar-refractivity contribution >= 4 is 35.4 Å². The van der Waals surface area contributed by atoms with Crippen LogP contribution >= 0.6 is 11.6 Å². The van der Waals surface area contributed by atoms with Crippen LogP contribution in [0.15, 0.2) is 54.6 Å². The van der Waals surface area contributed by atoms with Gasteiger partial charge >= 0.3 is 11.9 Å². The van der Waals surface area contributed by atoms with Crippen molar-refractivity contribution in [3.63, 3.8) is 0 Å². The molecule has 4 rings (SSSR count). The fourth-order valence-electron chi connectivity index (χ4n) is 5.63. The molecule has 3 N–H and O–H groups in total. The van der Waals surface area contributed by atoms with Gasteiger partial charge in [-0.2, -0.15) is 0 Å². The molecule has 0 saturated carbocycles. The van der Waals surface area contributed by atoms with Gasteiger partial charge in [-0.15, -0.1) is 0 Å². The molecular formula is C37H47ClN2O9. The lowest BCUT2D eigenvalue weighted by Gasteiger charge is -2.29. The van der Waals surface area contributed by atoms with Crippen molar-refractivity contribution in [2.45, 2.75) is 90.9 Å². The first-order valence-electron chi connectivity index (χ1n) is 16.6. The first-order valence-corrected chi connectivity index (χ1v) is 16.9. The van der Waals surface area contributed by atoms with Crippen LogP contribution in [0.25, 0.3) is 0 Å². The maximum atomic E-state index is 13.6. The second-order valence-electron chi connectivity index (χ2n) is 13.8. The van der Waals surface area contributed by atoms with Crippen LogP contribution in [0.3, 0.4) is 0 Å². The van der Waals surface area contributed by atoms with Crippen LogP contribution in [0, 0.1) is 17.3 Å². The Morgan fingerprint density at radius 3 is 2.35 bits per heavy atom. The molecule has 0 radical (unpaired) electrons. The van der Waals surface area contributed by atoms with Crippen LogP contribution in [0.5, 0.6) is 5.75 Å². The maximum Gasteiger partial charge on any atom is 0.347 e. The lowest BCUT2D eigenvalue weighted by molar-refractivity contribution is -0.179. The van der Waals surface area contributed by atoms with E-state index < -0.39 is 47.4 Å². The van der Waals surface area contributed by atoms with E-state index >= 15 is 0 Å². The Bertz CT molecular complexity index is 1520. The lowest BCUT2D eigenvalue weighted by atomic mass is 9.92. The molecule has 0 bridgehead atoms. The molecule has 0 spiro atoms. The van der Waals surface area contributed by atoms with Crippen molar-refractivity contribution in [3.05, 3.63) is 76.3 Å². The Morgan fingerprint density at radius 2 is 1.71 bits per heavy atom. The summed E-state index contributed by atoms with van der Waals surface area (Å²) in [5.41, 5.74) is 1.18. The third kappa shape index (κ3) is 10.3. The summed E-state index contributed by atoms with van der Waals surface area (Å²) in [5.74, 6) is -2.21. The summed E-state index contributed by atoms with van der Waals surface area (Å²) < 4.78 is 23.1. The number of aliphatic hydroxyl groups is 1. The number of benzene rings is 2. The number of rotatable bonds is 9. The predicted molar refractivity (Wildman–Crippen MR) is 183 cm³/mol. The molecule has 49 heavy (non-hydrogen) atoms. The Balaban J connectivity index is 1.60. The number of cyclic esters (lactones) is 2. The van der Waals surface area contributed by atoms with Gasteiger partial charge in [-0.3, -0.25) is 14.4 Å². The highest BCUT2D eigenvalue weighted by Gasteiger charge is 2.48. The summed E-state index contributed by atoms with van der Waals surface area (Å²) in [6, 6.07) is 11.5. The Hall–Kier alpha value is -3.93. The van der Waals surface area contributed by atoms with E-state index in [9.17, 15) is 24.3 Å². The van der Waals surface area contributed by atoms with Gasteiger partial charge in [0.2, 0.25) is 11.8 Å². The monoisotopic (exact) mass is 698 g/mol. The number of epoxide rings is 1. The van der Waals surface area contributed by atoms with Crippen molar-refractivity contribution in [2.24, 2.45) is 17.3 Å². The van der Waals surface area contributed by atoms with Crippen LogP contribution in [-0.4, -0.2) is 66.9 Å². The molecule has 3 unspecified atom stereocenters. The Labute approximate surface area is 292 Å². The van der Waals surface area contributed by atoms with Gasteiger partial charge < -0.3 is 34.7 Å². The zero-order valence-corrected chi connectivity index (χ0v) is 29.6. The van der Waals surface area contributed by atoms with E-state index in [0.717, 1.165) is 11.1 Å². The number of halogens is 1. The number of hydrogen-bond acceptors (Lipinski definition) is 9. The van der Waals surface area contributed by atoms with E-state index in [-0.39, 0.29) is 56.5 Å². The number of carbonyl (C=O) groups excluding carboxylic acids is 4. The number of hydrogen-bond donors (Lipinski definition) is 3. The average molecular weight is 699 g/mol. The topological polar surface area (TPSA) is 153 Å². The van der Waals surface area contributed by atoms with Crippen molar-refractivity contribution in [1.29, 1.82) is 0 Å². The fourth-order valence-corrected chi connectivity index (χ4v) is 5.92. The van der Waals surface area contributed by atoms with Gasteiger partial charge in [0.15, 0.2) is 6.10 Å². The summed E-state index contributed by atoms with van der Waals surface area (Å²) in [6.45, 7) is 8.77. The molecule has 6 atom stereocenters. The first-order chi connectivity index (χ1) is 23.2. The maximum absolute atomic E-state index is 13.6. The summed E-state index contributed by atoms with van der Waals surface area (Å²) in [7, 11) is 1.50. The molecule has 11 nitrogen and oxygen atoms in total. The minimum Gasteiger partial charge on any atom is -0.495 e. The minimum absolute atomic E-state index is 0.00322. The quantitative estimate of drug-likeness (QED) is 0.252. The van der Waals surface area contributed by atoms with E-state index in [1.807, 2.05) is 45.0 Å². The van der Waals surface area contributed by atoms with E-state index in [1.165, 1.54) is 13.2 Å². The minimum atomic E-state index is -1.21. The van der Waals surface area contributed by atoms with Gasteiger partial charge in [-0.1, -0.05) is 68.8 Å². The number of carbonyl (C=O) groups is 4. The molecule has 2 aliphatic rings. The van der Waals surface area contributed by atoms with Crippen LogP contribution < -0.4 is 15.4 Å². The molecule has 2 aromatic carbocycles. The highest BCUT2D eigenvalue weighted by molar-refractivity contribution is 6.32. The molecular weight excluding hydrogens is 652 g/mol. The molecule has 12 heteroatoms. The van der Waals surface area contributed by atoms with E-state index in [0.29, 0.717) is 16.3 Å². The van der Waals surface area contributed by atoms with Crippen LogP contribution in [0.4, 0.5) is 0 Å². The predicted octanol–water partition coefficient (Wildman–Crippen LogP) is 4.62. The van der Waals surface area contributed by atoms with Gasteiger partial charge in [-0.05, 0) is 61.1 Å². The molecule has 2 aliphatic heterocycles. The first kappa shape index (κ1) is 37.9. The second-order valence-corrected chi connectivity index (χ2v) is 14.2. The SMILES string of the molecule is COc1ccc(C[C@H]2NC(=O)C=CCC([C@H](C)C3OC3c3ccc(CO)cc3)OC(=O)[C@H](CC(C)C)OC(=O)C(C)(C)CNC2=O)cc1Cl. The highest BCUT2D eigenvalue weighted by atomic mass is 35.5. The molecule has 1 saturated heterocycles. The summed E-state index contributed by atoms with van der Waals surface area (Å²) in [4.78, 5) is 53.7. The molecule has 2 heterocycles. The van der Waals surface area contributed by atoms with Gasteiger partial charge in [0, 0.05) is 25.3 Å². The lowest BCUT2D eigenvalue weighted by Crippen LogP contribution is -2.51. The highest BCUT2D eigenvalue weighted by Crippen LogP contribution is 2.45. The third-order valence-electron chi connectivity index (χ3n) is 8.77. The number of methoxy groups -OCH3 is 1. The molecule has 266 valence electrons. The van der Waals surface area contributed by atoms with Gasteiger partial charge in [-0.25, -0.2) is 4.79 Å². The van der Waals surface area contributed by atoms with Gasteiger partial charge in [0.1, 0.15) is 24.0 Å². The van der Waals surface area contributed by atoms with Crippen molar-refractivity contribution in [3.8, 4) is 5.75 Å². The Morgan fingerprint density at radius 1 is 1.02 bits per heavy atom. The fraction of sp³-hybridized carbons (Fsp3) is 0.514. The molecule has 0 aliphatic carbocycles. The van der Waals surface area contributed by atoms with Crippen LogP contribution in [-0.2, 0) is 46.4 Å². The summed E-state index contributed by atoms with van der Waals surface area (Å²) in [6.07, 6.45) is 1.01. The summed E-state index contributed by atoms with van der Waals surface area (Å²) >= 11 is 6.32. The average Bonchev–Trinajstić information content (AvgIpc) is 3.86. The molecule has 2 aromatic rings. The normalized spacial score (nSPS) is 25.5. The largest absolute Gasteiger partial charge is 0.495 e. The number of aliphatic hydroxyl groups excluding tert-OH is 1. The standard InChI is InChI=1S/C37H47ClN2O9/c1-21(2)16-30-35(44)47-28(22(3)32-33(49-32)25-13-10-23(19-41)11-14-25)8-7-9-31(42)40-27(18-24-12-15-29(46-6)26(38)17-24)34(43)39-20-37(4,5)36(45)48-30/h7,9-15,17,21-22,27-28,30,32-33,41H,8,16,18-20H2,1-6H3,(H,39,43)(H,40,42)/t22-,27+,28?,30-,32?,33?/m0/s1. The van der Waals surface area contributed by atoms with Gasteiger partial charge in [0.25, 0.3) is 0 Å². The Kier molecular flexibility index (Phi) is 12.9. The van der Waals surface area contributed by atoms with Crippen LogP contribution in [0.2, 0.25) is 5.02 Å². The molecule has 1 fully saturated rings. The smallest absolute Gasteiger partial charge is 0.347 e. The number of ether oxygens (including phenoxy) is 4. The van der Waals surface area contributed by atoms with Crippen LogP contribution in [0.1, 0.15) is 70.3 Å². The van der Waals surface area contributed by atoms with Crippen molar-refractivity contribution in [2.75, 3.05) is 13.7 Å². The zero-order valence-electron chi connectivity index (χ0n) is 28.9. The zero-order chi connectivity index (χ0) is 35.9. The number of nitrogens with one attached hydrogen (secondary N) is 2. The number of amides is 2. The van der Waals surface area contributed by atoms with E-state index in [2.05, 4.69) is 10.6 Å². The van der Waals surface area contributed by atoms with E-state index in [1.54, 1.807) is 38.1 Å². The van der Waals surface area contributed by atoms with Gasteiger partial charge in [0.05, 0.1) is 30.3 Å². The molecule has 2 amide bonds. The van der Waals surface area contributed by atoms with Crippen molar-refractivity contribution < 1.29 is 43.2 Å². The third-order valence-corrected chi connectivity index (χ3v) is 9.07. The second kappa shape index (κ2) is 16.7. The van der Waals surface area contributed by atoms with Crippen molar-refractivity contribution in [1.82, 2.24) is 10.6 Å². The number of esters is 2. The van der Waals surface area contributed by atoms with E-state index in [4.69, 9.17) is 30.5 Å². The summed E-state index contributed by atoms with van der Waals surface area (Å²) in [5, 5.41) is 15.3.